The van der Waals surface area contributed by atoms with Crippen LogP contribution in [-0.4, -0.2) is 18.1 Å². The molecule has 0 bridgehead atoms. The van der Waals surface area contributed by atoms with Gasteiger partial charge >= 0.3 is 5.97 Å². The molecular weight excluding hydrogens is 238 g/mol. The van der Waals surface area contributed by atoms with Crippen molar-refractivity contribution in [2.75, 3.05) is 11.9 Å². The van der Waals surface area contributed by atoms with Gasteiger partial charge < -0.3 is 10.0 Å². The first-order valence-corrected chi connectivity index (χ1v) is 6.17. The summed E-state index contributed by atoms with van der Waals surface area (Å²) in [6.07, 6.45) is 0. The van der Waals surface area contributed by atoms with E-state index in [4.69, 9.17) is 0 Å². The zero-order valence-electron chi connectivity index (χ0n) is 11.1. The Morgan fingerprint density at radius 2 is 1.63 bits per heavy atom. The number of hydrogen-bond acceptors (Lipinski definition) is 2. The number of rotatable bonds is 4. The summed E-state index contributed by atoms with van der Waals surface area (Å²) in [7, 11) is 1.81. The number of likely N-dealkylation sites (N-methyl/N-ethyl adjacent to an activating group) is 1. The fraction of sp³-hybridized carbons (Fsp3) is 0.188. The minimum absolute atomic E-state index is 0.677. The Morgan fingerprint density at radius 3 is 2.21 bits per heavy atom. The molecule has 0 saturated carbocycles. The van der Waals surface area contributed by atoms with Crippen molar-refractivity contribution < 1.29 is 9.90 Å². The summed E-state index contributed by atoms with van der Waals surface area (Å²) < 4.78 is 0. The smallest absolute Gasteiger partial charge is 0.331 e. The first-order valence-electron chi connectivity index (χ1n) is 6.17. The van der Waals surface area contributed by atoms with Crippen molar-refractivity contribution in [2.24, 2.45) is 0 Å². The zero-order valence-corrected chi connectivity index (χ0v) is 11.1. The van der Waals surface area contributed by atoms with E-state index in [1.807, 2.05) is 61.5 Å². The number of carboxylic acid groups (broad SMARTS) is 1. The van der Waals surface area contributed by atoms with Crippen molar-refractivity contribution >= 4 is 11.7 Å². The lowest BCUT2D eigenvalue weighted by Gasteiger charge is -2.28. The second kappa shape index (κ2) is 5.57. The van der Waals surface area contributed by atoms with E-state index >= 15 is 0 Å². The van der Waals surface area contributed by atoms with Crippen LogP contribution >= 0.6 is 0 Å². The molecule has 2 aromatic carbocycles. The first-order chi connectivity index (χ1) is 9.11. The molecule has 0 aliphatic carbocycles. The van der Waals surface area contributed by atoms with E-state index in [9.17, 15) is 9.90 Å². The molecule has 0 aromatic heterocycles. The Kier molecular flexibility index (Phi) is 3.85. The SMILES string of the molecule is Cc1ccccc1C(C(=O)O)N(C)c1ccccc1. The first kappa shape index (κ1) is 13.1. The molecule has 0 amide bonds. The summed E-state index contributed by atoms with van der Waals surface area (Å²) >= 11 is 0. The average molecular weight is 255 g/mol. The maximum atomic E-state index is 11.6. The quantitative estimate of drug-likeness (QED) is 0.911. The van der Waals surface area contributed by atoms with Crippen LogP contribution in [0.15, 0.2) is 54.6 Å². The van der Waals surface area contributed by atoms with Crippen LogP contribution in [0.2, 0.25) is 0 Å². The van der Waals surface area contributed by atoms with Crippen LogP contribution in [0.3, 0.4) is 0 Å². The highest BCUT2D eigenvalue weighted by Crippen LogP contribution is 2.27. The fourth-order valence-electron chi connectivity index (χ4n) is 2.21. The van der Waals surface area contributed by atoms with E-state index in [1.165, 1.54) is 0 Å². The van der Waals surface area contributed by atoms with Crippen molar-refractivity contribution in [1.82, 2.24) is 0 Å². The van der Waals surface area contributed by atoms with Crippen molar-refractivity contribution in [1.29, 1.82) is 0 Å². The lowest BCUT2D eigenvalue weighted by atomic mass is 10.00. The van der Waals surface area contributed by atoms with Gasteiger partial charge in [0.15, 0.2) is 6.04 Å². The Labute approximate surface area is 113 Å². The third-order valence-corrected chi connectivity index (χ3v) is 3.27. The lowest BCUT2D eigenvalue weighted by Crippen LogP contribution is -2.31. The summed E-state index contributed by atoms with van der Waals surface area (Å²) in [5.41, 5.74) is 2.69. The minimum Gasteiger partial charge on any atom is -0.479 e. The van der Waals surface area contributed by atoms with Crippen molar-refractivity contribution in [3.8, 4) is 0 Å². The van der Waals surface area contributed by atoms with Crippen molar-refractivity contribution in [3.05, 3.63) is 65.7 Å². The van der Waals surface area contributed by atoms with Crippen LogP contribution in [0, 0.1) is 6.92 Å². The maximum absolute atomic E-state index is 11.6. The number of carboxylic acids is 1. The van der Waals surface area contributed by atoms with Crippen LogP contribution in [0.25, 0.3) is 0 Å². The Hall–Kier alpha value is -2.29. The Balaban J connectivity index is 2.42. The number of aliphatic carboxylic acids is 1. The Bertz CT molecular complexity index is 566. The van der Waals surface area contributed by atoms with Crippen LogP contribution in [0.1, 0.15) is 17.2 Å². The molecule has 0 fully saturated rings. The van der Waals surface area contributed by atoms with E-state index in [0.29, 0.717) is 0 Å². The summed E-state index contributed by atoms with van der Waals surface area (Å²) in [6.45, 7) is 1.93. The van der Waals surface area contributed by atoms with E-state index < -0.39 is 12.0 Å². The molecule has 0 saturated heterocycles. The predicted octanol–water partition coefficient (Wildman–Crippen LogP) is 3.26. The highest BCUT2D eigenvalue weighted by molar-refractivity contribution is 5.80. The molecule has 3 heteroatoms. The monoisotopic (exact) mass is 255 g/mol. The van der Waals surface area contributed by atoms with Gasteiger partial charge in [-0.15, -0.1) is 0 Å². The summed E-state index contributed by atoms with van der Waals surface area (Å²) in [4.78, 5) is 13.4. The molecule has 1 atom stereocenters. The molecule has 1 unspecified atom stereocenters. The third kappa shape index (κ3) is 2.76. The summed E-state index contributed by atoms with van der Waals surface area (Å²) in [6, 6.07) is 16.5. The number of benzene rings is 2. The average Bonchev–Trinajstić information content (AvgIpc) is 2.42. The van der Waals surface area contributed by atoms with Crippen molar-refractivity contribution in [3.63, 3.8) is 0 Å². The molecule has 0 aliphatic heterocycles. The van der Waals surface area contributed by atoms with Crippen LogP contribution in [-0.2, 0) is 4.79 Å². The lowest BCUT2D eigenvalue weighted by molar-refractivity contribution is -0.138. The molecule has 0 aliphatic rings. The topological polar surface area (TPSA) is 40.5 Å². The normalized spacial score (nSPS) is 11.9. The second-order valence-electron chi connectivity index (χ2n) is 4.54. The van der Waals surface area contributed by atoms with Crippen molar-refractivity contribution in [2.45, 2.75) is 13.0 Å². The molecule has 2 rings (SSSR count). The molecule has 19 heavy (non-hydrogen) atoms. The molecule has 1 N–H and O–H groups in total. The molecule has 0 radical (unpaired) electrons. The van der Waals surface area contributed by atoms with Gasteiger partial charge in [-0.25, -0.2) is 4.79 Å². The van der Waals surface area contributed by atoms with Crippen LogP contribution in [0.4, 0.5) is 5.69 Å². The van der Waals surface area contributed by atoms with Gasteiger partial charge in [-0.05, 0) is 30.2 Å². The molecule has 98 valence electrons. The van der Waals surface area contributed by atoms with Gasteiger partial charge in [0.05, 0.1) is 0 Å². The zero-order chi connectivity index (χ0) is 13.8. The maximum Gasteiger partial charge on any atom is 0.331 e. The van der Waals surface area contributed by atoms with E-state index in [1.54, 1.807) is 11.9 Å². The highest BCUT2D eigenvalue weighted by Gasteiger charge is 2.26. The standard InChI is InChI=1S/C16H17NO2/c1-12-8-6-7-11-14(12)15(16(18)19)17(2)13-9-4-3-5-10-13/h3-11,15H,1-2H3,(H,18,19). The van der Waals surface area contributed by atoms with Gasteiger partial charge in [0, 0.05) is 12.7 Å². The van der Waals surface area contributed by atoms with Gasteiger partial charge in [0.2, 0.25) is 0 Å². The molecule has 0 spiro atoms. The summed E-state index contributed by atoms with van der Waals surface area (Å²) in [5, 5.41) is 9.54. The predicted molar refractivity (Wildman–Crippen MR) is 76.4 cm³/mol. The van der Waals surface area contributed by atoms with Gasteiger partial charge in [0.25, 0.3) is 0 Å². The molecule has 0 heterocycles. The molecular formula is C16H17NO2. The van der Waals surface area contributed by atoms with Crippen LogP contribution < -0.4 is 4.90 Å². The van der Waals surface area contributed by atoms with E-state index in [-0.39, 0.29) is 0 Å². The number of hydrogen-bond donors (Lipinski definition) is 1. The van der Waals surface area contributed by atoms with E-state index in [2.05, 4.69) is 0 Å². The number of nitrogens with zero attached hydrogens (tertiary/aromatic N) is 1. The molecule has 3 nitrogen and oxygen atoms in total. The number of para-hydroxylation sites is 1. The largest absolute Gasteiger partial charge is 0.479 e. The van der Waals surface area contributed by atoms with Gasteiger partial charge in [-0.1, -0.05) is 42.5 Å². The highest BCUT2D eigenvalue weighted by atomic mass is 16.4. The van der Waals surface area contributed by atoms with Gasteiger partial charge in [-0.2, -0.15) is 0 Å². The van der Waals surface area contributed by atoms with Gasteiger partial charge in [-0.3, -0.25) is 0 Å². The second-order valence-corrected chi connectivity index (χ2v) is 4.54. The Morgan fingerprint density at radius 1 is 1.05 bits per heavy atom. The summed E-state index contributed by atoms with van der Waals surface area (Å²) in [5.74, 6) is -0.847. The number of aryl methyl sites for hydroxylation is 1. The number of carbonyl (C=O) groups is 1. The third-order valence-electron chi connectivity index (χ3n) is 3.27. The van der Waals surface area contributed by atoms with Crippen LogP contribution in [0.5, 0.6) is 0 Å². The molecule has 2 aromatic rings. The van der Waals surface area contributed by atoms with Gasteiger partial charge in [0.1, 0.15) is 0 Å². The number of anilines is 1. The fourth-order valence-corrected chi connectivity index (χ4v) is 2.21. The minimum atomic E-state index is -0.847. The van der Waals surface area contributed by atoms with E-state index in [0.717, 1.165) is 16.8 Å².